The van der Waals surface area contributed by atoms with Crippen molar-refractivity contribution in [3.63, 3.8) is 0 Å². The van der Waals surface area contributed by atoms with Gasteiger partial charge in [-0.05, 0) is 35.1 Å². The molecule has 0 unspecified atom stereocenters. The topological polar surface area (TPSA) is 30.2 Å². The van der Waals surface area contributed by atoms with Gasteiger partial charge >= 0.3 is 0 Å². The molecule has 0 amide bonds. The van der Waals surface area contributed by atoms with E-state index in [9.17, 15) is 4.79 Å². The number of fused-ring (bicyclic) bond motifs is 3. The van der Waals surface area contributed by atoms with Gasteiger partial charge in [-0.15, -0.1) is 0 Å². The first-order chi connectivity index (χ1) is 11.2. The fraction of sp³-hybridized carbons (Fsp3) is 0. The van der Waals surface area contributed by atoms with Gasteiger partial charge in [0.2, 0.25) is 4.71 Å². The molecule has 110 valence electrons. The summed E-state index contributed by atoms with van der Waals surface area (Å²) in [6, 6.07) is 22.9. The molecule has 1 heterocycles. The summed E-state index contributed by atoms with van der Waals surface area (Å²) in [5.41, 5.74) is 1.72. The maximum atomic E-state index is 12.7. The van der Waals surface area contributed by atoms with Crippen LogP contribution in [0.3, 0.4) is 0 Å². The van der Waals surface area contributed by atoms with Crippen LogP contribution in [-0.4, -0.2) is 5.78 Å². The number of rotatable bonds is 2. The Balaban J connectivity index is 2.01. The Morgan fingerprint density at radius 1 is 0.826 bits per heavy atom. The molecule has 0 radical (unpaired) electrons. The zero-order valence-corrected chi connectivity index (χ0v) is 13.0. The lowest BCUT2D eigenvalue weighted by Crippen LogP contribution is -2.02. The predicted molar refractivity (Wildman–Crippen MR) is 94.4 cm³/mol. The second-order valence-corrected chi connectivity index (χ2v) is 5.71. The van der Waals surface area contributed by atoms with E-state index < -0.39 is 0 Å². The van der Waals surface area contributed by atoms with Crippen LogP contribution in [0.2, 0.25) is 0 Å². The molecule has 3 aromatic carbocycles. The van der Waals surface area contributed by atoms with E-state index in [-0.39, 0.29) is 10.5 Å². The van der Waals surface area contributed by atoms with Crippen LogP contribution < -0.4 is 0 Å². The number of carbonyl (C=O) groups excluding carboxylic acids is 1. The van der Waals surface area contributed by atoms with Crippen LogP contribution in [0.15, 0.2) is 77.2 Å². The molecular formula is C20H12O2S. The van der Waals surface area contributed by atoms with Crippen LogP contribution in [0.25, 0.3) is 21.7 Å². The molecule has 23 heavy (non-hydrogen) atoms. The van der Waals surface area contributed by atoms with Crippen molar-refractivity contribution in [3.8, 4) is 0 Å². The predicted octanol–water partition coefficient (Wildman–Crippen LogP) is 5.55. The zero-order valence-electron chi connectivity index (χ0n) is 12.2. The SMILES string of the molecule is O=C(c1ccccc1)c1cc2c(ccc3ccccc32)oc1=S. The third-order valence-corrected chi connectivity index (χ3v) is 4.23. The Bertz CT molecular complexity index is 1090. The van der Waals surface area contributed by atoms with E-state index in [1.165, 1.54) is 0 Å². The highest BCUT2D eigenvalue weighted by Crippen LogP contribution is 2.27. The number of benzene rings is 3. The molecule has 1 aromatic heterocycles. The summed E-state index contributed by atoms with van der Waals surface area (Å²) < 4.78 is 5.96. The third kappa shape index (κ3) is 2.35. The van der Waals surface area contributed by atoms with Crippen molar-refractivity contribution in [2.75, 3.05) is 0 Å². The molecule has 2 nitrogen and oxygen atoms in total. The zero-order chi connectivity index (χ0) is 15.8. The molecule has 0 saturated carbocycles. The number of hydrogen-bond donors (Lipinski definition) is 0. The minimum Gasteiger partial charge on any atom is -0.444 e. The minimum absolute atomic E-state index is 0.116. The fourth-order valence-electron chi connectivity index (χ4n) is 2.77. The van der Waals surface area contributed by atoms with E-state index in [1.807, 2.05) is 60.7 Å². The van der Waals surface area contributed by atoms with Crippen molar-refractivity contribution >= 4 is 39.7 Å². The summed E-state index contributed by atoms with van der Waals surface area (Å²) in [6.07, 6.45) is 0. The van der Waals surface area contributed by atoms with Gasteiger partial charge in [-0.2, -0.15) is 0 Å². The van der Waals surface area contributed by atoms with Gasteiger partial charge < -0.3 is 4.42 Å². The van der Waals surface area contributed by atoms with Crippen molar-refractivity contribution in [2.45, 2.75) is 0 Å². The average molecular weight is 316 g/mol. The summed E-state index contributed by atoms with van der Waals surface area (Å²) in [5, 5.41) is 3.05. The van der Waals surface area contributed by atoms with E-state index in [2.05, 4.69) is 0 Å². The van der Waals surface area contributed by atoms with Gasteiger partial charge in [0.05, 0.1) is 5.56 Å². The van der Waals surface area contributed by atoms with Crippen molar-refractivity contribution in [2.24, 2.45) is 0 Å². The maximum Gasteiger partial charge on any atom is 0.202 e. The molecule has 0 fully saturated rings. The monoisotopic (exact) mass is 316 g/mol. The van der Waals surface area contributed by atoms with Crippen LogP contribution >= 0.6 is 12.2 Å². The van der Waals surface area contributed by atoms with Crippen LogP contribution in [0.5, 0.6) is 0 Å². The lowest BCUT2D eigenvalue weighted by atomic mass is 10.0. The molecule has 0 saturated heterocycles. The summed E-state index contributed by atoms with van der Waals surface area (Å²) in [5.74, 6) is -0.116. The molecule has 0 spiro atoms. The second kappa shape index (κ2) is 5.45. The van der Waals surface area contributed by atoms with Gasteiger partial charge in [0, 0.05) is 10.9 Å². The highest BCUT2D eigenvalue weighted by molar-refractivity contribution is 7.71. The second-order valence-electron chi connectivity index (χ2n) is 5.34. The van der Waals surface area contributed by atoms with Crippen LogP contribution in [0.1, 0.15) is 15.9 Å². The summed E-state index contributed by atoms with van der Waals surface area (Å²) in [6.45, 7) is 0. The Hall–Kier alpha value is -2.78. The Kier molecular flexibility index (Phi) is 3.28. The Labute approximate surface area is 138 Å². The number of ketones is 1. The van der Waals surface area contributed by atoms with Crippen LogP contribution in [0, 0.1) is 4.71 Å². The molecule has 4 rings (SSSR count). The highest BCUT2D eigenvalue weighted by Gasteiger charge is 2.14. The molecule has 4 aromatic rings. The molecule has 0 aliphatic rings. The Morgan fingerprint density at radius 2 is 1.57 bits per heavy atom. The van der Waals surface area contributed by atoms with Gasteiger partial charge in [0.15, 0.2) is 5.78 Å². The number of hydrogen-bond acceptors (Lipinski definition) is 3. The third-order valence-electron chi connectivity index (χ3n) is 3.92. The molecule has 0 aliphatic heterocycles. The fourth-order valence-corrected chi connectivity index (χ4v) is 3.02. The van der Waals surface area contributed by atoms with Gasteiger partial charge in [0.25, 0.3) is 0 Å². The maximum absolute atomic E-state index is 12.7. The summed E-state index contributed by atoms with van der Waals surface area (Å²) in [7, 11) is 0. The van der Waals surface area contributed by atoms with E-state index in [0.29, 0.717) is 16.7 Å². The first-order valence-corrected chi connectivity index (χ1v) is 7.70. The minimum atomic E-state index is -0.116. The summed E-state index contributed by atoms with van der Waals surface area (Å²) >= 11 is 5.29. The van der Waals surface area contributed by atoms with E-state index >= 15 is 0 Å². The average Bonchev–Trinajstić information content (AvgIpc) is 2.61. The molecular weight excluding hydrogens is 304 g/mol. The normalized spacial score (nSPS) is 11.0. The largest absolute Gasteiger partial charge is 0.444 e. The molecule has 0 aliphatic carbocycles. The van der Waals surface area contributed by atoms with E-state index in [0.717, 1.165) is 16.2 Å². The Morgan fingerprint density at radius 3 is 2.39 bits per heavy atom. The molecule has 3 heteroatoms. The van der Waals surface area contributed by atoms with Gasteiger partial charge in [0.1, 0.15) is 5.58 Å². The lowest BCUT2D eigenvalue weighted by Gasteiger charge is -2.06. The van der Waals surface area contributed by atoms with Gasteiger partial charge in [-0.3, -0.25) is 4.79 Å². The molecule has 0 atom stereocenters. The number of carbonyl (C=O) groups is 1. The highest BCUT2D eigenvalue weighted by atomic mass is 32.1. The standard InChI is InChI=1S/C20H12O2S/c21-19(14-7-2-1-3-8-14)17-12-16-15-9-5-4-6-13(15)10-11-18(16)22-20(17)23/h1-12H. The quantitative estimate of drug-likeness (QED) is 0.276. The van der Waals surface area contributed by atoms with Crippen molar-refractivity contribution in [1.82, 2.24) is 0 Å². The first kappa shape index (κ1) is 13.9. The van der Waals surface area contributed by atoms with Gasteiger partial charge in [-0.25, -0.2) is 0 Å². The van der Waals surface area contributed by atoms with Crippen molar-refractivity contribution in [3.05, 3.63) is 88.6 Å². The smallest absolute Gasteiger partial charge is 0.202 e. The first-order valence-electron chi connectivity index (χ1n) is 7.29. The summed E-state index contributed by atoms with van der Waals surface area (Å²) in [4.78, 5) is 12.7. The lowest BCUT2D eigenvalue weighted by molar-refractivity contribution is 0.103. The van der Waals surface area contributed by atoms with Gasteiger partial charge in [-0.1, -0.05) is 60.7 Å². The molecule has 0 N–H and O–H groups in total. The van der Waals surface area contributed by atoms with Crippen molar-refractivity contribution < 1.29 is 9.21 Å². The van der Waals surface area contributed by atoms with Crippen LogP contribution in [0.4, 0.5) is 0 Å². The van der Waals surface area contributed by atoms with Crippen molar-refractivity contribution in [1.29, 1.82) is 0 Å². The van der Waals surface area contributed by atoms with Crippen LogP contribution in [-0.2, 0) is 0 Å². The molecule has 0 bridgehead atoms. The van der Waals surface area contributed by atoms with E-state index in [1.54, 1.807) is 12.1 Å². The van der Waals surface area contributed by atoms with E-state index in [4.69, 9.17) is 16.6 Å².